The van der Waals surface area contributed by atoms with E-state index in [9.17, 15) is 4.79 Å². The van der Waals surface area contributed by atoms with Crippen LogP contribution in [-0.4, -0.2) is 10.9 Å². The molecule has 1 aromatic rings. The van der Waals surface area contributed by atoms with Gasteiger partial charge in [0.2, 0.25) is 5.91 Å². The Morgan fingerprint density at radius 3 is 2.86 bits per heavy atom. The number of aryl methyl sites for hydroxylation is 1. The molecule has 0 aliphatic heterocycles. The third-order valence-electron chi connectivity index (χ3n) is 1.73. The van der Waals surface area contributed by atoms with Crippen molar-refractivity contribution in [2.75, 3.05) is 0 Å². The summed E-state index contributed by atoms with van der Waals surface area (Å²) in [6.07, 6.45) is 0.586. The molecule has 1 rings (SSSR count). The minimum atomic E-state index is 0.102. The van der Waals surface area contributed by atoms with Crippen LogP contribution in [0.25, 0.3) is 0 Å². The van der Waals surface area contributed by atoms with Crippen molar-refractivity contribution >= 4 is 17.2 Å². The van der Waals surface area contributed by atoms with Crippen molar-refractivity contribution in [2.45, 2.75) is 33.7 Å². The Morgan fingerprint density at radius 1 is 1.64 bits per heavy atom. The molecule has 0 aliphatic rings. The summed E-state index contributed by atoms with van der Waals surface area (Å²) < 4.78 is 0. The number of carbonyl (C=O) groups is 1. The topological polar surface area (TPSA) is 42.0 Å². The van der Waals surface area contributed by atoms with Crippen molar-refractivity contribution in [3.8, 4) is 0 Å². The normalized spacial score (nSPS) is 10.6. The molecule has 0 atom stereocenters. The fourth-order valence-corrected chi connectivity index (χ4v) is 1.73. The van der Waals surface area contributed by atoms with Crippen LogP contribution in [0, 0.1) is 12.8 Å². The van der Waals surface area contributed by atoms with Crippen LogP contribution in [0.2, 0.25) is 0 Å². The Morgan fingerprint density at radius 2 is 2.36 bits per heavy atom. The van der Waals surface area contributed by atoms with Crippen LogP contribution >= 0.6 is 11.3 Å². The van der Waals surface area contributed by atoms with Gasteiger partial charge >= 0.3 is 0 Å². The summed E-state index contributed by atoms with van der Waals surface area (Å²) in [6.45, 7) is 6.58. The zero-order chi connectivity index (χ0) is 10.6. The number of hydrogen-bond acceptors (Lipinski definition) is 3. The Balaban J connectivity index is 2.30. The lowest BCUT2D eigenvalue weighted by Gasteiger charge is -2.04. The first kappa shape index (κ1) is 11.2. The smallest absolute Gasteiger partial charge is 0.220 e. The van der Waals surface area contributed by atoms with Crippen LogP contribution in [0.15, 0.2) is 5.38 Å². The Labute approximate surface area is 88.6 Å². The van der Waals surface area contributed by atoms with Crippen LogP contribution in [0.5, 0.6) is 0 Å². The van der Waals surface area contributed by atoms with Gasteiger partial charge in [0, 0.05) is 11.8 Å². The first-order valence-electron chi connectivity index (χ1n) is 4.75. The molecule has 0 unspecified atom stereocenters. The molecule has 1 amide bonds. The highest BCUT2D eigenvalue weighted by Gasteiger charge is 2.05. The van der Waals surface area contributed by atoms with Crippen LogP contribution in [0.4, 0.5) is 0 Å². The van der Waals surface area contributed by atoms with Gasteiger partial charge in [-0.15, -0.1) is 11.3 Å². The summed E-state index contributed by atoms with van der Waals surface area (Å²) in [4.78, 5) is 15.6. The number of amides is 1. The molecule has 0 spiro atoms. The summed E-state index contributed by atoms with van der Waals surface area (Å²) in [7, 11) is 0. The molecule has 0 aliphatic carbocycles. The van der Waals surface area contributed by atoms with E-state index in [1.807, 2.05) is 26.2 Å². The molecule has 0 aromatic carbocycles. The van der Waals surface area contributed by atoms with Gasteiger partial charge in [-0.25, -0.2) is 4.98 Å². The predicted octanol–water partition coefficient (Wildman–Crippen LogP) is 2.11. The minimum Gasteiger partial charge on any atom is -0.350 e. The minimum absolute atomic E-state index is 0.102. The van der Waals surface area contributed by atoms with Crippen LogP contribution in [0.3, 0.4) is 0 Å². The number of nitrogens with zero attached hydrogens (tertiary/aromatic N) is 1. The van der Waals surface area contributed by atoms with Crippen LogP contribution < -0.4 is 5.32 Å². The van der Waals surface area contributed by atoms with E-state index in [-0.39, 0.29) is 5.91 Å². The lowest BCUT2D eigenvalue weighted by Crippen LogP contribution is -2.24. The highest BCUT2D eigenvalue weighted by molar-refractivity contribution is 7.09. The number of hydrogen-bond donors (Lipinski definition) is 1. The standard InChI is InChI=1S/C10H16N2OS/c1-7(2)4-10(13)11-5-9-6-14-8(3)12-9/h6-7H,4-5H2,1-3H3,(H,11,13). The maximum Gasteiger partial charge on any atom is 0.220 e. The van der Waals surface area contributed by atoms with E-state index in [2.05, 4.69) is 10.3 Å². The van der Waals surface area contributed by atoms with E-state index in [1.54, 1.807) is 11.3 Å². The molecule has 0 saturated carbocycles. The Bertz CT molecular complexity index is 307. The van der Waals surface area contributed by atoms with Crippen molar-refractivity contribution < 1.29 is 4.79 Å². The van der Waals surface area contributed by atoms with Crippen LogP contribution in [0.1, 0.15) is 31.0 Å². The van der Waals surface area contributed by atoms with Gasteiger partial charge in [0.25, 0.3) is 0 Å². The Hall–Kier alpha value is -0.900. The molecule has 78 valence electrons. The molecule has 0 bridgehead atoms. The number of rotatable bonds is 4. The zero-order valence-electron chi connectivity index (χ0n) is 8.83. The lowest BCUT2D eigenvalue weighted by molar-refractivity contribution is -0.121. The van der Waals surface area contributed by atoms with Gasteiger partial charge < -0.3 is 5.32 Å². The van der Waals surface area contributed by atoms with Gasteiger partial charge in [-0.05, 0) is 12.8 Å². The largest absolute Gasteiger partial charge is 0.350 e. The van der Waals surface area contributed by atoms with Crippen molar-refractivity contribution in [3.63, 3.8) is 0 Å². The van der Waals surface area contributed by atoms with Gasteiger partial charge in [0.15, 0.2) is 0 Å². The number of thiazole rings is 1. The number of carbonyl (C=O) groups excluding carboxylic acids is 1. The van der Waals surface area contributed by atoms with E-state index < -0.39 is 0 Å². The van der Waals surface area contributed by atoms with Crippen molar-refractivity contribution in [1.82, 2.24) is 10.3 Å². The maximum atomic E-state index is 11.3. The van der Waals surface area contributed by atoms with Gasteiger partial charge in [-0.1, -0.05) is 13.8 Å². The third-order valence-corrected chi connectivity index (χ3v) is 2.55. The quantitative estimate of drug-likeness (QED) is 0.830. The predicted molar refractivity (Wildman–Crippen MR) is 58.2 cm³/mol. The van der Waals surface area contributed by atoms with E-state index in [0.29, 0.717) is 18.9 Å². The summed E-state index contributed by atoms with van der Waals surface area (Å²) in [6, 6.07) is 0. The summed E-state index contributed by atoms with van der Waals surface area (Å²) in [5, 5.41) is 5.87. The average Bonchev–Trinajstić information content (AvgIpc) is 2.47. The second-order valence-corrected chi connectivity index (χ2v) is 4.79. The molecule has 0 saturated heterocycles. The number of aromatic nitrogens is 1. The van der Waals surface area contributed by atoms with E-state index in [4.69, 9.17) is 0 Å². The second-order valence-electron chi connectivity index (χ2n) is 3.73. The first-order chi connectivity index (χ1) is 6.58. The molecular weight excluding hydrogens is 196 g/mol. The van der Waals surface area contributed by atoms with Gasteiger partial charge in [0.1, 0.15) is 0 Å². The van der Waals surface area contributed by atoms with E-state index >= 15 is 0 Å². The molecular formula is C10H16N2OS. The molecule has 0 radical (unpaired) electrons. The van der Waals surface area contributed by atoms with E-state index in [0.717, 1.165) is 10.7 Å². The molecule has 14 heavy (non-hydrogen) atoms. The molecule has 4 heteroatoms. The van der Waals surface area contributed by atoms with Crippen molar-refractivity contribution in [1.29, 1.82) is 0 Å². The maximum absolute atomic E-state index is 11.3. The molecule has 3 nitrogen and oxygen atoms in total. The van der Waals surface area contributed by atoms with Crippen molar-refractivity contribution in [3.05, 3.63) is 16.1 Å². The fraction of sp³-hybridized carbons (Fsp3) is 0.600. The van der Waals surface area contributed by atoms with E-state index in [1.165, 1.54) is 0 Å². The molecule has 1 heterocycles. The SMILES string of the molecule is Cc1nc(CNC(=O)CC(C)C)cs1. The zero-order valence-corrected chi connectivity index (χ0v) is 9.65. The summed E-state index contributed by atoms with van der Waals surface area (Å²) in [5.74, 6) is 0.512. The Kier molecular flexibility index (Phi) is 4.07. The highest BCUT2D eigenvalue weighted by Crippen LogP contribution is 2.07. The van der Waals surface area contributed by atoms with Crippen LogP contribution in [-0.2, 0) is 11.3 Å². The van der Waals surface area contributed by atoms with Crippen molar-refractivity contribution in [2.24, 2.45) is 5.92 Å². The second kappa shape index (κ2) is 5.10. The van der Waals surface area contributed by atoms with Gasteiger partial charge in [-0.2, -0.15) is 0 Å². The van der Waals surface area contributed by atoms with Gasteiger partial charge in [-0.3, -0.25) is 4.79 Å². The molecule has 1 N–H and O–H groups in total. The monoisotopic (exact) mass is 212 g/mol. The molecule has 0 fully saturated rings. The average molecular weight is 212 g/mol. The first-order valence-corrected chi connectivity index (χ1v) is 5.63. The lowest BCUT2D eigenvalue weighted by atomic mass is 10.1. The summed E-state index contributed by atoms with van der Waals surface area (Å²) in [5.41, 5.74) is 0.949. The third kappa shape index (κ3) is 3.87. The molecule has 1 aromatic heterocycles. The number of nitrogens with one attached hydrogen (secondary N) is 1. The van der Waals surface area contributed by atoms with Gasteiger partial charge in [0.05, 0.1) is 17.2 Å². The summed E-state index contributed by atoms with van der Waals surface area (Å²) >= 11 is 1.61. The highest BCUT2D eigenvalue weighted by atomic mass is 32.1. The fourth-order valence-electron chi connectivity index (χ4n) is 1.12.